The van der Waals surface area contributed by atoms with Crippen molar-refractivity contribution in [3.8, 4) is 5.75 Å². The Bertz CT molecular complexity index is 414. The molecule has 1 aliphatic carbocycles. The molecule has 1 aromatic carbocycles. The van der Waals surface area contributed by atoms with E-state index in [4.69, 9.17) is 9.47 Å². The number of benzene rings is 1. The molecule has 0 bridgehead atoms. The van der Waals surface area contributed by atoms with E-state index in [1.807, 2.05) is 24.3 Å². The van der Waals surface area contributed by atoms with Crippen LogP contribution in [0, 0.1) is 11.3 Å². The summed E-state index contributed by atoms with van der Waals surface area (Å²) < 4.78 is 12.8. The molecule has 1 saturated carbocycles. The lowest BCUT2D eigenvalue weighted by atomic mass is 9.71. The standard InChI is InChI=1S/C17H25BrO2/c1-13-10-16(12-17(2,3)11-13)20-9-8-19-15-6-4-14(18)5-7-15/h4-7,13,16H,8-12H2,1-3H3. The Labute approximate surface area is 131 Å². The average Bonchev–Trinajstić information content (AvgIpc) is 2.34. The molecule has 0 aromatic heterocycles. The topological polar surface area (TPSA) is 18.5 Å². The lowest BCUT2D eigenvalue weighted by Gasteiger charge is -2.38. The highest BCUT2D eigenvalue weighted by atomic mass is 79.9. The highest BCUT2D eigenvalue weighted by molar-refractivity contribution is 9.10. The summed E-state index contributed by atoms with van der Waals surface area (Å²) in [4.78, 5) is 0. The lowest BCUT2D eigenvalue weighted by molar-refractivity contribution is -0.0317. The Morgan fingerprint density at radius 2 is 1.85 bits per heavy atom. The van der Waals surface area contributed by atoms with Gasteiger partial charge < -0.3 is 9.47 Å². The third-order valence-corrected chi connectivity index (χ3v) is 4.39. The molecular weight excluding hydrogens is 316 g/mol. The van der Waals surface area contributed by atoms with E-state index in [-0.39, 0.29) is 0 Å². The summed E-state index contributed by atoms with van der Waals surface area (Å²) in [7, 11) is 0. The van der Waals surface area contributed by atoms with Crippen molar-refractivity contribution in [2.45, 2.75) is 46.1 Å². The molecule has 3 heteroatoms. The van der Waals surface area contributed by atoms with E-state index in [9.17, 15) is 0 Å². The summed E-state index contributed by atoms with van der Waals surface area (Å²) in [6.07, 6.45) is 4.04. The quantitative estimate of drug-likeness (QED) is 0.697. The van der Waals surface area contributed by atoms with E-state index >= 15 is 0 Å². The van der Waals surface area contributed by atoms with Crippen LogP contribution in [0.4, 0.5) is 0 Å². The van der Waals surface area contributed by atoms with Gasteiger partial charge >= 0.3 is 0 Å². The summed E-state index contributed by atoms with van der Waals surface area (Å²) in [5.41, 5.74) is 0.412. The van der Waals surface area contributed by atoms with Gasteiger partial charge in [-0.25, -0.2) is 0 Å². The van der Waals surface area contributed by atoms with Crippen molar-refractivity contribution in [2.24, 2.45) is 11.3 Å². The second-order valence-electron chi connectivity index (χ2n) is 6.71. The van der Waals surface area contributed by atoms with Crippen molar-refractivity contribution in [3.05, 3.63) is 28.7 Å². The fourth-order valence-corrected chi connectivity index (χ4v) is 3.55. The minimum atomic E-state index is 0.391. The maximum atomic E-state index is 6.00. The summed E-state index contributed by atoms with van der Waals surface area (Å²) in [6.45, 7) is 8.31. The Morgan fingerprint density at radius 1 is 1.15 bits per heavy atom. The van der Waals surface area contributed by atoms with Gasteiger partial charge in [-0.2, -0.15) is 0 Å². The molecule has 0 N–H and O–H groups in total. The fourth-order valence-electron chi connectivity index (χ4n) is 3.29. The van der Waals surface area contributed by atoms with Crippen LogP contribution in [-0.2, 0) is 4.74 Å². The first-order valence-electron chi connectivity index (χ1n) is 7.44. The molecule has 0 heterocycles. The smallest absolute Gasteiger partial charge is 0.119 e. The highest BCUT2D eigenvalue weighted by Gasteiger charge is 2.32. The van der Waals surface area contributed by atoms with Gasteiger partial charge in [0.1, 0.15) is 12.4 Å². The predicted octanol–water partition coefficient (Wildman–Crippen LogP) is 5.06. The average molecular weight is 341 g/mol. The van der Waals surface area contributed by atoms with Crippen LogP contribution in [0.2, 0.25) is 0 Å². The molecule has 2 rings (SSSR count). The van der Waals surface area contributed by atoms with Crippen molar-refractivity contribution < 1.29 is 9.47 Å². The van der Waals surface area contributed by atoms with Gasteiger partial charge in [-0.05, 0) is 54.9 Å². The maximum Gasteiger partial charge on any atom is 0.119 e. The summed E-state index contributed by atoms with van der Waals surface area (Å²) in [6, 6.07) is 7.91. The monoisotopic (exact) mass is 340 g/mol. The molecule has 0 aliphatic heterocycles. The SMILES string of the molecule is CC1CC(OCCOc2ccc(Br)cc2)CC(C)(C)C1. The maximum absolute atomic E-state index is 6.00. The van der Waals surface area contributed by atoms with Crippen molar-refractivity contribution in [1.29, 1.82) is 0 Å². The van der Waals surface area contributed by atoms with Gasteiger partial charge in [0.05, 0.1) is 12.7 Å². The van der Waals surface area contributed by atoms with Gasteiger partial charge in [0.15, 0.2) is 0 Å². The zero-order valence-electron chi connectivity index (χ0n) is 12.7. The number of hydrogen-bond acceptors (Lipinski definition) is 2. The third-order valence-electron chi connectivity index (χ3n) is 3.87. The number of rotatable bonds is 5. The molecule has 0 radical (unpaired) electrons. The van der Waals surface area contributed by atoms with E-state index in [0.29, 0.717) is 24.7 Å². The van der Waals surface area contributed by atoms with E-state index in [0.717, 1.165) is 22.6 Å². The minimum absolute atomic E-state index is 0.391. The lowest BCUT2D eigenvalue weighted by Crippen LogP contribution is -2.33. The first kappa shape index (κ1) is 15.8. The Balaban J connectivity index is 1.69. The Hall–Kier alpha value is -0.540. The summed E-state index contributed by atoms with van der Waals surface area (Å²) >= 11 is 3.42. The Kier molecular flexibility index (Phi) is 5.50. The van der Waals surface area contributed by atoms with E-state index in [1.165, 1.54) is 12.8 Å². The van der Waals surface area contributed by atoms with Crippen LogP contribution in [0.1, 0.15) is 40.0 Å². The first-order chi connectivity index (χ1) is 9.44. The second kappa shape index (κ2) is 6.95. The molecule has 1 aromatic rings. The fraction of sp³-hybridized carbons (Fsp3) is 0.647. The molecule has 0 saturated heterocycles. The molecule has 2 atom stereocenters. The molecule has 2 unspecified atom stereocenters. The van der Waals surface area contributed by atoms with Gasteiger partial charge in [-0.15, -0.1) is 0 Å². The number of hydrogen-bond donors (Lipinski definition) is 0. The van der Waals surface area contributed by atoms with Gasteiger partial charge in [0, 0.05) is 4.47 Å². The van der Waals surface area contributed by atoms with Gasteiger partial charge in [0.25, 0.3) is 0 Å². The first-order valence-corrected chi connectivity index (χ1v) is 8.24. The van der Waals surface area contributed by atoms with Crippen molar-refractivity contribution in [1.82, 2.24) is 0 Å². The molecule has 0 amide bonds. The van der Waals surface area contributed by atoms with Crippen LogP contribution in [0.25, 0.3) is 0 Å². The van der Waals surface area contributed by atoms with Crippen LogP contribution in [0.3, 0.4) is 0 Å². The zero-order valence-corrected chi connectivity index (χ0v) is 14.3. The van der Waals surface area contributed by atoms with Crippen molar-refractivity contribution in [2.75, 3.05) is 13.2 Å². The molecule has 1 aliphatic rings. The van der Waals surface area contributed by atoms with Crippen molar-refractivity contribution in [3.63, 3.8) is 0 Å². The molecule has 2 nitrogen and oxygen atoms in total. The van der Waals surface area contributed by atoms with E-state index in [1.54, 1.807) is 0 Å². The van der Waals surface area contributed by atoms with Gasteiger partial charge in [-0.3, -0.25) is 0 Å². The summed E-state index contributed by atoms with van der Waals surface area (Å²) in [5, 5.41) is 0. The molecule has 112 valence electrons. The van der Waals surface area contributed by atoms with Crippen LogP contribution >= 0.6 is 15.9 Å². The molecule has 0 spiro atoms. The van der Waals surface area contributed by atoms with Crippen molar-refractivity contribution >= 4 is 15.9 Å². The predicted molar refractivity (Wildman–Crippen MR) is 86.2 cm³/mol. The molecular formula is C17H25BrO2. The Morgan fingerprint density at radius 3 is 2.50 bits per heavy atom. The zero-order chi connectivity index (χ0) is 14.6. The van der Waals surface area contributed by atoms with Crippen LogP contribution < -0.4 is 4.74 Å². The van der Waals surface area contributed by atoms with E-state index < -0.39 is 0 Å². The molecule has 1 fully saturated rings. The highest BCUT2D eigenvalue weighted by Crippen LogP contribution is 2.39. The largest absolute Gasteiger partial charge is 0.491 e. The second-order valence-corrected chi connectivity index (χ2v) is 7.62. The third kappa shape index (κ3) is 5.10. The summed E-state index contributed by atoms with van der Waals surface area (Å²) in [5.74, 6) is 1.66. The van der Waals surface area contributed by atoms with Crippen LogP contribution in [0.15, 0.2) is 28.7 Å². The molecule has 20 heavy (non-hydrogen) atoms. The van der Waals surface area contributed by atoms with Gasteiger partial charge in [-0.1, -0.05) is 36.7 Å². The van der Waals surface area contributed by atoms with E-state index in [2.05, 4.69) is 36.7 Å². The minimum Gasteiger partial charge on any atom is -0.491 e. The van der Waals surface area contributed by atoms with Crippen LogP contribution in [-0.4, -0.2) is 19.3 Å². The number of halogens is 1. The number of ether oxygens (including phenoxy) is 2. The normalized spacial score (nSPS) is 25.4. The van der Waals surface area contributed by atoms with Crippen LogP contribution in [0.5, 0.6) is 5.75 Å². The van der Waals surface area contributed by atoms with Gasteiger partial charge in [0.2, 0.25) is 0 Å².